The van der Waals surface area contributed by atoms with Crippen LogP contribution in [0.4, 0.5) is 16.2 Å². The topological polar surface area (TPSA) is 32.8 Å². The van der Waals surface area contributed by atoms with Crippen LogP contribution >= 0.6 is 0 Å². The molecule has 1 amide bonds. The van der Waals surface area contributed by atoms with Gasteiger partial charge in [-0.1, -0.05) is 36.4 Å². The SMILES string of the molecule is COC(=O)N(C)CCCN1c2ccccc2CCc2ccccc21. The second-order valence-electron chi connectivity index (χ2n) is 6.15. The Balaban J connectivity index is 1.82. The van der Waals surface area contributed by atoms with Crippen LogP contribution in [0.3, 0.4) is 0 Å². The molecule has 2 aromatic rings. The Labute approximate surface area is 143 Å². The van der Waals surface area contributed by atoms with Gasteiger partial charge in [0.1, 0.15) is 0 Å². The number of carbonyl (C=O) groups excluding carboxylic acids is 1. The third-order valence-corrected chi connectivity index (χ3v) is 4.59. The second-order valence-corrected chi connectivity index (χ2v) is 6.15. The van der Waals surface area contributed by atoms with E-state index in [0.717, 1.165) is 25.8 Å². The number of benzene rings is 2. The molecule has 0 aromatic heterocycles. The first-order valence-corrected chi connectivity index (χ1v) is 8.43. The van der Waals surface area contributed by atoms with Crippen molar-refractivity contribution in [2.45, 2.75) is 19.3 Å². The maximum absolute atomic E-state index is 11.5. The summed E-state index contributed by atoms with van der Waals surface area (Å²) < 4.78 is 4.76. The number of methoxy groups -OCH3 is 1. The molecule has 0 unspecified atom stereocenters. The van der Waals surface area contributed by atoms with Gasteiger partial charge in [-0.05, 0) is 42.5 Å². The highest BCUT2D eigenvalue weighted by Crippen LogP contribution is 2.35. The fourth-order valence-corrected chi connectivity index (χ4v) is 3.32. The Morgan fingerprint density at radius 3 is 2.12 bits per heavy atom. The van der Waals surface area contributed by atoms with Gasteiger partial charge >= 0.3 is 6.09 Å². The molecule has 1 aliphatic heterocycles. The molecular weight excluding hydrogens is 300 g/mol. The lowest BCUT2D eigenvalue weighted by molar-refractivity contribution is 0.133. The zero-order valence-corrected chi connectivity index (χ0v) is 14.4. The summed E-state index contributed by atoms with van der Waals surface area (Å²) in [6.07, 6.45) is 2.72. The summed E-state index contributed by atoms with van der Waals surface area (Å²) in [4.78, 5) is 15.5. The first kappa shape index (κ1) is 16.4. The number of anilines is 2. The predicted octanol–water partition coefficient (Wildman–Crippen LogP) is 4.01. The standard InChI is InChI=1S/C20H24N2O2/c1-21(20(23)24-2)14-7-15-22-18-10-5-3-8-16(18)12-13-17-9-4-6-11-19(17)22/h3-6,8-11H,7,12-15H2,1-2H3. The molecule has 4 nitrogen and oxygen atoms in total. The molecule has 4 heteroatoms. The van der Waals surface area contributed by atoms with Crippen LogP contribution in [-0.2, 0) is 17.6 Å². The lowest BCUT2D eigenvalue weighted by atomic mass is 10.0. The number of para-hydroxylation sites is 2. The number of fused-ring (bicyclic) bond motifs is 2. The largest absolute Gasteiger partial charge is 0.453 e. The molecule has 0 bridgehead atoms. The normalized spacial score (nSPS) is 12.8. The molecule has 0 aliphatic carbocycles. The summed E-state index contributed by atoms with van der Waals surface area (Å²) >= 11 is 0. The van der Waals surface area contributed by atoms with Crippen molar-refractivity contribution in [3.8, 4) is 0 Å². The highest BCUT2D eigenvalue weighted by molar-refractivity contribution is 5.71. The maximum atomic E-state index is 11.5. The Morgan fingerprint density at radius 1 is 1.04 bits per heavy atom. The summed E-state index contributed by atoms with van der Waals surface area (Å²) in [7, 11) is 3.19. The van der Waals surface area contributed by atoms with Crippen LogP contribution in [0.1, 0.15) is 17.5 Å². The first-order valence-electron chi connectivity index (χ1n) is 8.43. The average molecular weight is 324 g/mol. The van der Waals surface area contributed by atoms with Crippen molar-refractivity contribution in [3.05, 3.63) is 59.7 Å². The number of rotatable bonds is 4. The third kappa shape index (κ3) is 3.37. The summed E-state index contributed by atoms with van der Waals surface area (Å²) in [6.45, 7) is 1.54. The van der Waals surface area contributed by atoms with Crippen LogP contribution in [0, 0.1) is 0 Å². The van der Waals surface area contributed by atoms with Crippen molar-refractivity contribution in [3.63, 3.8) is 0 Å². The van der Waals surface area contributed by atoms with Gasteiger partial charge in [-0.25, -0.2) is 4.79 Å². The van der Waals surface area contributed by atoms with Gasteiger partial charge in [0.2, 0.25) is 0 Å². The molecule has 0 saturated carbocycles. The zero-order chi connectivity index (χ0) is 16.9. The first-order chi connectivity index (χ1) is 11.7. The summed E-state index contributed by atoms with van der Waals surface area (Å²) in [5.41, 5.74) is 5.33. The van der Waals surface area contributed by atoms with E-state index in [9.17, 15) is 4.79 Å². The number of hydrogen-bond acceptors (Lipinski definition) is 3. The number of aryl methyl sites for hydroxylation is 2. The van der Waals surface area contributed by atoms with Gasteiger partial charge in [-0.3, -0.25) is 0 Å². The number of nitrogens with zero attached hydrogens (tertiary/aromatic N) is 2. The van der Waals surface area contributed by atoms with Gasteiger partial charge in [0.05, 0.1) is 7.11 Å². The molecule has 24 heavy (non-hydrogen) atoms. The zero-order valence-electron chi connectivity index (χ0n) is 14.4. The number of hydrogen-bond donors (Lipinski definition) is 0. The monoisotopic (exact) mass is 324 g/mol. The van der Waals surface area contributed by atoms with Crippen LogP contribution in [0.25, 0.3) is 0 Å². The van der Waals surface area contributed by atoms with E-state index >= 15 is 0 Å². The highest BCUT2D eigenvalue weighted by Gasteiger charge is 2.20. The van der Waals surface area contributed by atoms with Gasteiger partial charge in [-0.15, -0.1) is 0 Å². The molecule has 0 spiro atoms. The molecule has 3 rings (SSSR count). The third-order valence-electron chi connectivity index (χ3n) is 4.59. The van der Waals surface area contributed by atoms with Gasteiger partial charge in [0.25, 0.3) is 0 Å². The van der Waals surface area contributed by atoms with E-state index in [0.29, 0.717) is 6.54 Å². The Morgan fingerprint density at radius 2 is 1.58 bits per heavy atom. The number of amides is 1. The van der Waals surface area contributed by atoms with E-state index in [2.05, 4.69) is 53.4 Å². The maximum Gasteiger partial charge on any atom is 0.409 e. The molecule has 0 radical (unpaired) electrons. The van der Waals surface area contributed by atoms with Gasteiger partial charge < -0.3 is 14.5 Å². The van der Waals surface area contributed by atoms with Gasteiger partial charge in [0.15, 0.2) is 0 Å². The minimum absolute atomic E-state index is 0.285. The van der Waals surface area contributed by atoms with E-state index in [-0.39, 0.29) is 6.09 Å². The lowest BCUT2D eigenvalue weighted by Gasteiger charge is -2.27. The molecule has 0 N–H and O–H groups in total. The van der Waals surface area contributed by atoms with Crippen LogP contribution in [-0.4, -0.2) is 38.2 Å². The van der Waals surface area contributed by atoms with Gasteiger partial charge in [-0.2, -0.15) is 0 Å². The highest BCUT2D eigenvalue weighted by atomic mass is 16.5. The van der Waals surface area contributed by atoms with E-state index in [1.54, 1.807) is 11.9 Å². The smallest absolute Gasteiger partial charge is 0.409 e. The van der Waals surface area contributed by atoms with E-state index in [1.165, 1.54) is 29.6 Å². The van der Waals surface area contributed by atoms with E-state index < -0.39 is 0 Å². The van der Waals surface area contributed by atoms with Crippen molar-refractivity contribution in [2.24, 2.45) is 0 Å². The lowest BCUT2D eigenvalue weighted by Crippen LogP contribution is -2.30. The molecule has 0 atom stereocenters. The van der Waals surface area contributed by atoms with Gasteiger partial charge in [0, 0.05) is 31.5 Å². The molecule has 126 valence electrons. The summed E-state index contributed by atoms with van der Waals surface area (Å²) in [5, 5.41) is 0. The second kappa shape index (κ2) is 7.39. The Kier molecular flexibility index (Phi) is 5.04. The van der Waals surface area contributed by atoms with Crippen molar-refractivity contribution >= 4 is 17.5 Å². The van der Waals surface area contributed by atoms with Crippen molar-refractivity contribution in [2.75, 3.05) is 32.1 Å². The van der Waals surface area contributed by atoms with E-state index in [4.69, 9.17) is 4.74 Å². The van der Waals surface area contributed by atoms with Crippen LogP contribution in [0.15, 0.2) is 48.5 Å². The minimum atomic E-state index is -0.285. The van der Waals surface area contributed by atoms with Crippen molar-refractivity contribution < 1.29 is 9.53 Å². The Bertz CT molecular complexity index is 667. The fraction of sp³-hybridized carbons (Fsp3) is 0.350. The van der Waals surface area contributed by atoms with Crippen LogP contribution in [0.5, 0.6) is 0 Å². The quantitative estimate of drug-likeness (QED) is 0.852. The van der Waals surface area contributed by atoms with Crippen LogP contribution in [0.2, 0.25) is 0 Å². The molecule has 1 heterocycles. The molecule has 1 aliphatic rings. The van der Waals surface area contributed by atoms with Crippen molar-refractivity contribution in [1.82, 2.24) is 4.90 Å². The van der Waals surface area contributed by atoms with E-state index in [1.807, 2.05) is 0 Å². The summed E-state index contributed by atoms with van der Waals surface area (Å²) in [5.74, 6) is 0. The molecule has 2 aromatic carbocycles. The molecule has 0 fully saturated rings. The van der Waals surface area contributed by atoms with Crippen LogP contribution < -0.4 is 4.90 Å². The average Bonchev–Trinajstić information content (AvgIpc) is 2.78. The summed E-state index contributed by atoms with van der Waals surface area (Å²) in [6, 6.07) is 17.2. The number of carbonyl (C=O) groups is 1. The fourth-order valence-electron chi connectivity index (χ4n) is 3.32. The number of ether oxygens (including phenoxy) is 1. The molecular formula is C20H24N2O2. The minimum Gasteiger partial charge on any atom is -0.453 e. The predicted molar refractivity (Wildman–Crippen MR) is 97.0 cm³/mol. The Hall–Kier alpha value is -2.49. The van der Waals surface area contributed by atoms with Crippen molar-refractivity contribution in [1.29, 1.82) is 0 Å². The molecule has 0 saturated heterocycles.